The van der Waals surface area contributed by atoms with Gasteiger partial charge in [0.15, 0.2) is 0 Å². The highest BCUT2D eigenvalue weighted by Crippen LogP contribution is 2.23. The number of hydrogen-bond donors (Lipinski definition) is 1. The van der Waals surface area contributed by atoms with Gasteiger partial charge in [0.2, 0.25) is 0 Å². The molecule has 0 spiro atoms. The van der Waals surface area contributed by atoms with Crippen molar-refractivity contribution in [2.45, 2.75) is 6.04 Å². The van der Waals surface area contributed by atoms with Crippen molar-refractivity contribution < 1.29 is 4.74 Å². The van der Waals surface area contributed by atoms with Crippen LogP contribution in [0.4, 0.5) is 0 Å². The van der Waals surface area contributed by atoms with Gasteiger partial charge in [-0.1, -0.05) is 12.1 Å². The molecule has 0 bridgehead atoms. The highest BCUT2D eigenvalue weighted by Gasteiger charge is 2.14. The highest BCUT2D eigenvalue weighted by atomic mass is 16.5. The Kier molecular flexibility index (Phi) is 3.44. The number of ether oxygens (including phenoxy) is 1. The van der Waals surface area contributed by atoms with E-state index in [0.29, 0.717) is 0 Å². The van der Waals surface area contributed by atoms with Crippen LogP contribution in [-0.2, 0) is 7.05 Å². The number of aryl methyl sites for hydroxylation is 1. The van der Waals surface area contributed by atoms with Crippen molar-refractivity contribution in [2.75, 3.05) is 14.2 Å². The number of nitrogens with zero attached hydrogens (tertiary/aromatic N) is 2. The molecule has 1 aromatic carbocycles. The molecular formula is C13H17N3O. The SMILES string of the molecule is CNC(c1ccc(OC)cc1)c1ccnn1C. The lowest BCUT2D eigenvalue weighted by molar-refractivity contribution is 0.414. The zero-order chi connectivity index (χ0) is 12.3. The Labute approximate surface area is 101 Å². The Morgan fingerprint density at radius 3 is 2.41 bits per heavy atom. The summed E-state index contributed by atoms with van der Waals surface area (Å²) in [6, 6.07) is 10.2. The van der Waals surface area contributed by atoms with Gasteiger partial charge in [-0.15, -0.1) is 0 Å². The summed E-state index contributed by atoms with van der Waals surface area (Å²) < 4.78 is 7.04. The van der Waals surface area contributed by atoms with Crippen LogP contribution in [0.15, 0.2) is 36.5 Å². The Hall–Kier alpha value is -1.81. The summed E-state index contributed by atoms with van der Waals surface area (Å²) in [5.41, 5.74) is 2.33. The summed E-state index contributed by atoms with van der Waals surface area (Å²) in [5.74, 6) is 0.869. The fourth-order valence-corrected chi connectivity index (χ4v) is 1.95. The first-order valence-corrected chi connectivity index (χ1v) is 5.55. The van der Waals surface area contributed by atoms with E-state index in [1.54, 1.807) is 7.11 Å². The molecule has 4 heteroatoms. The molecule has 90 valence electrons. The second kappa shape index (κ2) is 5.01. The van der Waals surface area contributed by atoms with E-state index in [1.165, 1.54) is 5.56 Å². The molecule has 0 aliphatic heterocycles. The molecular weight excluding hydrogens is 214 g/mol. The van der Waals surface area contributed by atoms with Crippen LogP contribution in [0.3, 0.4) is 0 Å². The normalized spacial score (nSPS) is 12.4. The van der Waals surface area contributed by atoms with E-state index in [-0.39, 0.29) is 6.04 Å². The fraction of sp³-hybridized carbons (Fsp3) is 0.308. The van der Waals surface area contributed by atoms with Crippen LogP contribution < -0.4 is 10.1 Å². The van der Waals surface area contributed by atoms with Crippen LogP contribution in [0.5, 0.6) is 5.75 Å². The van der Waals surface area contributed by atoms with Crippen molar-refractivity contribution in [3.8, 4) is 5.75 Å². The Morgan fingerprint density at radius 1 is 1.24 bits per heavy atom. The van der Waals surface area contributed by atoms with E-state index in [4.69, 9.17) is 4.74 Å². The first-order valence-electron chi connectivity index (χ1n) is 5.55. The molecule has 0 radical (unpaired) electrons. The lowest BCUT2D eigenvalue weighted by Gasteiger charge is -2.17. The maximum absolute atomic E-state index is 5.16. The minimum Gasteiger partial charge on any atom is -0.497 e. The number of aromatic nitrogens is 2. The van der Waals surface area contributed by atoms with Crippen LogP contribution in [0.2, 0.25) is 0 Å². The summed E-state index contributed by atoms with van der Waals surface area (Å²) in [4.78, 5) is 0. The molecule has 1 atom stereocenters. The number of hydrogen-bond acceptors (Lipinski definition) is 3. The maximum atomic E-state index is 5.16. The molecule has 0 aliphatic carbocycles. The summed E-state index contributed by atoms with van der Waals surface area (Å²) in [6.45, 7) is 0. The van der Waals surface area contributed by atoms with Gasteiger partial charge < -0.3 is 10.1 Å². The highest BCUT2D eigenvalue weighted by molar-refractivity contribution is 5.33. The molecule has 1 unspecified atom stereocenters. The average molecular weight is 231 g/mol. The van der Waals surface area contributed by atoms with E-state index in [2.05, 4.69) is 22.5 Å². The van der Waals surface area contributed by atoms with Gasteiger partial charge in [-0.05, 0) is 30.8 Å². The van der Waals surface area contributed by atoms with E-state index < -0.39 is 0 Å². The van der Waals surface area contributed by atoms with E-state index >= 15 is 0 Å². The van der Waals surface area contributed by atoms with Gasteiger partial charge in [0.05, 0.1) is 18.8 Å². The minimum absolute atomic E-state index is 0.147. The van der Waals surface area contributed by atoms with Gasteiger partial charge in [-0.25, -0.2) is 0 Å². The van der Waals surface area contributed by atoms with Crippen LogP contribution in [0.1, 0.15) is 17.3 Å². The van der Waals surface area contributed by atoms with Crippen molar-refractivity contribution in [3.63, 3.8) is 0 Å². The van der Waals surface area contributed by atoms with Crippen LogP contribution in [0, 0.1) is 0 Å². The Morgan fingerprint density at radius 2 is 1.94 bits per heavy atom. The summed E-state index contributed by atoms with van der Waals surface area (Å²) in [5, 5.41) is 7.49. The second-order valence-corrected chi connectivity index (χ2v) is 3.87. The predicted molar refractivity (Wildman–Crippen MR) is 67.1 cm³/mol. The third-order valence-electron chi connectivity index (χ3n) is 2.89. The van der Waals surface area contributed by atoms with Gasteiger partial charge in [0.1, 0.15) is 5.75 Å². The molecule has 2 rings (SSSR count). The molecule has 4 nitrogen and oxygen atoms in total. The smallest absolute Gasteiger partial charge is 0.118 e. The van der Waals surface area contributed by atoms with Gasteiger partial charge in [-0.3, -0.25) is 4.68 Å². The lowest BCUT2D eigenvalue weighted by Crippen LogP contribution is -2.20. The number of methoxy groups -OCH3 is 1. The zero-order valence-electron chi connectivity index (χ0n) is 10.3. The van der Waals surface area contributed by atoms with Gasteiger partial charge in [0.25, 0.3) is 0 Å². The maximum Gasteiger partial charge on any atom is 0.118 e. The molecule has 0 aliphatic rings. The van der Waals surface area contributed by atoms with Crippen LogP contribution >= 0.6 is 0 Å². The van der Waals surface area contributed by atoms with Crippen molar-refractivity contribution in [1.82, 2.24) is 15.1 Å². The summed E-state index contributed by atoms with van der Waals surface area (Å²) >= 11 is 0. The van der Waals surface area contributed by atoms with E-state index in [0.717, 1.165) is 11.4 Å². The number of benzene rings is 1. The first kappa shape index (κ1) is 11.7. The molecule has 1 N–H and O–H groups in total. The van der Waals surface area contributed by atoms with Crippen LogP contribution in [0.25, 0.3) is 0 Å². The second-order valence-electron chi connectivity index (χ2n) is 3.87. The molecule has 0 saturated carbocycles. The monoisotopic (exact) mass is 231 g/mol. The van der Waals surface area contributed by atoms with Crippen molar-refractivity contribution in [2.24, 2.45) is 7.05 Å². The molecule has 0 amide bonds. The van der Waals surface area contributed by atoms with E-state index in [1.807, 2.05) is 43.2 Å². The Balaban J connectivity index is 2.32. The largest absolute Gasteiger partial charge is 0.497 e. The van der Waals surface area contributed by atoms with Crippen LogP contribution in [-0.4, -0.2) is 23.9 Å². The van der Waals surface area contributed by atoms with Gasteiger partial charge in [-0.2, -0.15) is 5.10 Å². The topological polar surface area (TPSA) is 39.1 Å². The third kappa shape index (κ3) is 2.31. The number of rotatable bonds is 4. The van der Waals surface area contributed by atoms with E-state index in [9.17, 15) is 0 Å². The van der Waals surface area contributed by atoms with Crippen molar-refractivity contribution >= 4 is 0 Å². The quantitative estimate of drug-likeness (QED) is 0.871. The standard InChI is InChI=1S/C13H17N3O/c1-14-13(12-8-9-15-16(12)2)10-4-6-11(17-3)7-5-10/h4-9,13-14H,1-3H3. The van der Waals surface area contributed by atoms with Crippen molar-refractivity contribution in [1.29, 1.82) is 0 Å². The molecule has 0 fully saturated rings. The van der Waals surface area contributed by atoms with Gasteiger partial charge in [0, 0.05) is 13.2 Å². The molecule has 0 saturated heterocycles. The molecule has 1 aromatic heterocycles. The van der Waals surface area contributed by atoms with Crippen molar-refractivity contribution in [3.05, 3.63) is 47.8 Å². The molecule has 2 aromatic rings. The summed E-state index contributed by atoms with van der Waals surface area (Å²) in [7, 11) is 5.57. The zero-order valence-corrected chi connectivity index (χ0v) is 10.3. The molecule has 17 heavy (non-hydrogen) atoms. The summed E-state index contributed by atoms with van der Waals surface area (Å²) in [6.07, 6.45) is 1.81. The predicted octanol–water partition coefficient (Wildman–Crippen LogP) is 1.74. The first-order chi connectivity index (χ1) is 8.26. The van der Waals surface area contributed by atoms with Gasteiger partial charge >= 0.3 is 0 Å². The fourth-order valence-electron chi connectivity index (χ4n) is 1.95. The lowest BCUT2D eigenvalue weighted by atomic mass is 10.0. The number of nitrogens with one attached hydrogen (secondary N) is 1. The third-order valence-corrected chi connectivity index (χ3v) is 2.89. The Bertz CT molecular complexity index is 476. The molecule has 1 heterocycles. The average Bonchev–Trinajstić information content (AvgIpc) is 2.78. The minimum atomic E-state index is 0.147.